The number of nitro benzene ring substituents is 1. The van der Waals surface area contributed by atoms with Crippen molar-refractivity contribution in [3.05, 3.63) is 61.9 Å². The maximum atomic E-state index is 10.8. The number of pyridine rings is 1. The number of thiophene rings is 1. The maximum Gasteiger partial charge on any atom is 0.269 e. The third kappa shape index (κ3) is 2.99. The molecule has 0 saturated heterocycles. The highest BCUT2D eigenvalue weighted by Crippen LogP contribution is 2.36. The lowest BCUT2D eigenvalue weighted by Crippen LogP contribution is -1.99. The minimum absolute atomic E-state index is 0.00257. The minimum atomic E-state index is -0.459. The lowest BCUT2D eigenvalue weighted by molar-refractivity contribution is -0.384. The number of non-ortho nitro benzene ring substituents is 1. The van der Waals surface area contributed by atoms with E-state index in [0.717, 1.165) is 9.35 Å². The van der Waals surface area contributed by atoms with Crippen LogP contribution in [0.5, 0.6) is 0 Å². The number of rotatable bonds is 3. The van der Waals surface area contributed by atoms with Gasteiger partial charge in [0.2, 0.25) is 0 Å². The summed E-state index contributed by atoms with van der Waals surface area (Å²) in [4.78, 5) is 15.4. The van der Waals surface area contributed by atoms with Gasteiger partial charge in [0.15, 0.2) is 0 Å². The Morgan fingerprint density at radius 3 is 2.54 bits per heavy atom. The van der Waals surface area contributed by atoms with Gasteiger partial charge in [0.05, 0.1) is 10.6 Å². The molecule has 0 bridgehead atoms. The number of halogens is 1. The summed E-state index contributed by atoms with van der Waals surface area (Å²) in [6, 6.07) is 11.8. The Bertz CT molecular complexity index is 977. The number of benzene rings is 1. The van der Waals surface area contributed by atoms with E-state index in [9.17, 15) is 15.4 Å². The van der Waals surface area contributed by atoms with Crippen molar-refractivity contribution in [1.82, 2.24) is 4.98 Å². The highest BCUT2D eigenvalue weighted by Gasteiger charge is 2.15. The second-order valence-electron chi connectivity index (χ2n) is 4.86. The summed E-state index contributed by atoms with van der Waals surface area (Å²) in [6.45, 7) is 0. The van der Waals surface area contributed by atoms with E-state index in [1.165, 1.54) is 23.5 Å². The average Bonchev–Trinajstić information content (AvgIpc) is 3.00. The van der Waals surface area contributed by atoms with E-state index in [-0.39, 0.29) is 11.5 Å². The summed E-state index contributed by atoms with van der Waals surface area (Å²) >= 11 is 4.88. The minimum Gasteiger partial charge on any atom is -0.383 e. The van der Waals surface area contributed by atoms with Crippen LogP contribution in [-0.4, -0.2) is 9.91 Å². The van der Waals surface area contributed by atoms with Gasteiger partial charge >= 0.3 is 0 Å². The van der Waals surface area contributed by atoms with E-state index in [4.69, 9.17) is 5.73 Å². The van der Waals surface area contributed by atoms with Crippen molar-refractivity contribution in [1.29, 1.82) is 5.26 Å². The number of hydrogen-bond donors (Lipinski definition) is 1. The number of nitrogens with zero attached hydrogens (tertiary/aromatic N) is 3. The van der Waals surface area contributed by atoms with Crippen molar-refractivity contribution in [2.75, 3.05) is 5.73 Å². The summed E-state index contributed by atoms with van der Waals surface area (Å²) in [6.07, 6.45) is 0. The van der Waals surface area contributed by atoms with Gasteiger partial charge in [-0.2, -0.15) is 5.26 Å². The van der Waals surface area contributed by atoms with Gasteiger partial charge in [0.1, 0.15) is 17.5 Å². The Labute approximate surface area is 149 Å². The van der Waals surface area contributed by atoms with E-state index < -0.39 is 4.92 Å². The van der Waals surface area contributed by atoms with E-state index in [1.807, 2.05) is 11.4 Å². The molecule has 0 amide bonds. The monoisotopic (exact) mass is 400 g/mol. The first-order chi connectivity index (χ1) is 11.5. The molecular formula is C16H9BrN4O2S. The number of hydrogen-bond acceptors (Lipinski definition) is 6. The molecule has 3 aromatic rings. The zero-order chi connectivity index (χ0) is 17.3. The van der Waals surface area contributed by atoms with Crippen molar-refractivity contribution in [3.63, 3.8) is 0 Å². The van der Waals surface area contributed by atoms with Gasteiger partial charge in [-0.3, -0.25) is 10.1 Å². The van der Waals surface area contributed by atoms with Gasteiger partial charge in [0, 0.05) is 38.0 Å². The number of nitriles is 1. The molecule has 6 nitrogen and oxygen atoms in total. The van der Waals surface area contributed by atoms with Crippen molar-refractivity contribution in [3.8, 4) is 27.8 Å². The molecule has 0 aliphatic rings. The highest BCUT2D eigenvalue weighted by atomic mass is 79.9. The number of aromatic nitrogens is 1. The molecule has 24 heavy (non-hydrogen) atoms. The van der Waals surface area contributed by atoms with E-state index in [2.05, 4.69) is 27.0 Å². The van der Waals surface area contributed by atoms with Gasteiger partial charge in [-0.1, -0.05) is 0 Å². The zero-order valence-electron chi connectivity index (χ0n) is 12.1. The number of nitro groups is 1. The van der Waals surface area contributed by atoms with E-state index >= 15 is 0 Å². The predicted octanol–water partition coefficient (Wildman–Crippen LogP) is 4.60. The van der Waals surface area contributed by atoms with Crippen molar-refractivity contribution in [2.24, 2.45) is 0 Å². The van der Waals surface area contributed by atoms with Crippen LogP contribution in [0.2, 0.25) is 0 Å². The van der Waals surface area contributed by atoms with E-state index in [1.54, 1.807) is 18.2 Å². The molecule has 0 aliphatic heterocycles. The van der Waals surface area contributed by atoms with Crippen LogP contribution in [0.3, 0.4) is 0 Å². The summed E-state index contributed by atoms with van der Waals surface area (Å²) in [7, 11) is 0. The van der Waals surface area contributed by atoms with E-state index in [0.29, 0.717) is 22.4 Å². The fourth-order valence-electron chi connectivity index (χ4n) is 2.23. The molecular weight excluding hydrogens is 392 g/mol. The van der Waals surface area contributed by atoms with Crippen LogP contribution in [-0.2, 0) is 0 Å². The van der Waals surface area contributed by atoms with Crippen LogP contribution in [0.4, 0.5) is 11.5 Å². The van der Waals surface area contributed by atoms with Gasteiger partial charge in [-0.25, -0.2) is 4.98 Å². The van der Waals surface area contributed by atoms with Crippen LogP contribution in [0.1, 0.15) is 5.56 Å². The molecule has 3 rings (SSSR count). The number of nitrogens with two attached hydrogens (primary N) is 1. The second-order valence-corrected chi connectivity index (χ2v) is 6.69. The molecule has 118 valence electrons. The molecule has 0 aliphatic carbocycles. The van der Waals surface area contributed by atoms with Crippen molar-refractivity contribution in [2.45, 2.75) is 0 Å². The number of nitrogen functional groups attached to an aromatic ring is 1. The molecule has 0 atom stereocenters. The summed E-state index contributed by atoms with van der Waals surface area (Å²) < 4.78 is 0.915. The summed E-state index contributed by atoms with van der Waals surface area (Å²) in [5.41, 5.74) is 8.19. The van der Waals surface area contributed by atoms with Crippen LogP contribution in [0, 0.1) is 21.4 Å². The standard InChI is InChI=1S/C16H9BrN4O2S/c17-10-5-15(24-8-10)12-6-14(20-16(19)13(12)7-18)9-1-3-11(4-2-9)21(22)23/h1-6,8H,(H2,19,20). The van der Waals surface area contributed by atoms with Gasteiger partial charge < -0.3 is 5.73 Å². The molecule has 2 N–H and O–H groups in total. The zero-order valence-corrected chi connectivity index (χ0v) is 14.5. The van der Waals surface area contributed by atoms with Crippen LogP contribution >= 0.6 is 27.3 Å². The summed E-state index contributed by atoms with van der Waals surface area (Å²) in [5.74, 6) is 0.132. The van der Waals surface area contributed by atoms with Crippen LogP contribution < -0.4 is 5.73 Å². The van der Waals surface area contributed by atoms with Crippen molar-refractivity contribution >= 4 is 38.8 Å². The van der Waals surface area contributed by atoms with Crippen LogP contribution in [0.15, 0.2) is 46.3 Å². The largest absolute Gasteiger partial charge is 0.383 e. The Balaban J connectivity index is 2.15. The fraction of sp³-hybridized carbons (Fsp3) is 0. The van der Waals surface area contributed by atoms with Crippen LogP contribution in [0.25, 0.3) is 21.7 Å². The molecule has 2 aromatic heterocycles. The molecule has 8 heteroatoms. The molecule has 1 aromatic carbocycles. The Morgan fingerprint density at radius 1 is 1.29 bits per heavy atom. The highest BCUT2D eigenvalue weighted by molar-refractivity contribution is 9.10. The summed E-state index contributed by atoms with van der Waals surface area (Å²) in [5, 5.41) is 22.0. The first kappa shape index (κ1) is 16.1. The number of anilines is 1. The first-order valence-corrected chi connectivity index (χ1v) is 8.36. The SMILES string of the molecule is N#Cc1c(-c2cc(Br)cs2)cc(-c2ccc([N+](=O)[O-])cc2)nc1N. The fourth-order valence-corrected chi connectivity index (χ4v) is 3.68. The Kier molecular flexibility index (Phi) is 4.29. The van der Waals surface area contributed by atoms with Gasteiger partial charge in [0.25, 0.3) is 5.69 Å². The molecule has 0 spiro atoms. The molecule has 0 radical (unpaired) electrons. The lowest BCUT2D eigenvalue weighted by Gasteiger charge is -2.08. The molecule has 0 unspecified atom stereocenters. The topological polar surface area (TPSA) is 106 Å². The second kappa shape index (κ2) is 6.39. The average molecular weight is 401 g/mol. The molecule has 0 fully saturated rings. The van der Waals surface area contributed by atoms with Gasteiger partial charge in [-0.05, 0) is 40.2 Å². The Hall–Kier alpha value is -2.76. The van der Waals surface area contributed by atoms with Gasteiger partial charge in [-0.15, -0.1) is 11.3 Å². The maximum absolute atomic E-state index is 10.8. The normalized spacial score (nSPS) is 10.3. The quantitative estimate of drug-likeness (QED) is 0.510. The molecule has 2 heterocycles. The molecule has 0 saturated carbocycles. The smallest absolute Gasteiger partial charge is 0.269 e. The first-order valence-electron chi connectivity index (χ1n) is 6.69. The predicted molar refractivity (Wildman–Crippen MR) is 96.5 cm³/mol. The van der Waals surface area contributed by atoms with Crippen molar-refractivity contribution < 1.29 is 4.92 Å². The lowest BCUT2D eigenvalue weighted by atomic mass is 10.0. The third-order valence-corrected chi connectivity index (χ3v) is 5.09. The third-order valence-electron chi connectivity index (χ3n) is 3.37. The Morgan fingerprint density at radius 2 is 2.00 bits per heavy atom.